The fraction of sp³-hybridized carbons (Fsp3) is 0.0741. The van der Waals surface area contributed by atoms with E-state index in [1.54, 1.807) is 54.6 Å². The van der Waals surface area contributed by atoms with Crippen molar-refractivity contribution in [2.75, 3.05) is 18.1 Å². The van der Waals surface area contributed by atoms with Gasteiger partial charge in [-0.3, -0.25) is 4.72 Å². The number of fused-ring (bicyclic) bond motifs is 1. The largest absolute Gasteiger partial charge is 0.496 e. The van der Waals surface area contributed by atoms with Crippen molar-refractivity contribution in [1.29, 1.82) is 0 Å². The Morgan fingerprint density at radius 2 is 1.51 bits per heavy atom. The Hall–Kier alpha value is -4.31. The van der Waals surface area contributed by atoms with Crippen LogP contribution in [-0.4, -0.2) is 26.8 Å². The van der Waals surface area contributed by atoms with Crippen LogP contribution in [-0.2, 0) is 10.0 Å². The van der Waals surface area contributed by atoms with Crippen LogP contribution < -0.4 is 9.46 Å². The summed E-state index contributed by atoms with van der Waals surface area (Å²) in [5.41, 5.74) is 3.21. The number of nitrogens with zero attached hydrogens (tertiary/aromatic N) is 1. The minimum atomic E-state index is -3.45. The molecule has 1 aromatic heterocycles. The number of hydrogen-bond donors (Lipinski definition) is 1. The summed E-state index contributed by atoms with van der Waals surface area (Å²) in [6, 6.07) is 18.1. The summed E-state index contributed by atoms with van der Waals surface area (Å²) < 4.78 is 78.6. The van der Waals surface area contributed by atoms with Crippen LogP contribution in [0.25, 0.3) is 44.8 Å². The maximum Gasteiger partial charge on any atom is 0.229 e. The van der Waals surface area contributed by atoms with Crippen LogP contribution in [0.5, 0.6) is 5.75 Å². The minimum Gasteiger partial charge on any atom is -0.496 e. The number of halogens is 3. The van der Waals surface area contributed by atoms with Gasteiger partial charge in [-0.15, -0.1) is 0 Å². The highest BCUT2D eigenvalue weighted by atomic mass is 32.2. The minimum absolute atomic E-state index is 0.106. The molecule has 5 rings (SSSR count). The first-order chi connectivity index (χ1) is 17.6. The Morgan fingerprint density at radius 3 is 2.22 bits per heavy atom. The smallest absolute Gasteiger partial charge is 0.229 e. The molecule has 37 heavy (non-hydrogen) atoms. The first-order valence-corrected chi connectivity index (χ1v) is 12.8. The van der Waals surface area contributed by atoms with Gasteiger partial charge in [-0.05, 0) is 41.5 Å². The van der Waals surface area contributed by atoms with Crippen molar-refractivity contribution >= 4 is 26.8 Å². The van der Waals surface area contributed by atoms with Crippen molar-refractivity contribution in [2.24, 2.45) is 0 Å². The zero-order valence-corrected chi connectivity index (χ0v) is 20.4. The van der Waals surface area contributed by atoms with E-state index in [1.807, 2.05) is 0 Å². The Bertz CT molecular complexity index is 1710. The van der Waals surface area contributed by atoms with E-state index in [9.17, 15) is 17.2 Å². The molecule has 1 heterocycles. The van der Waals surface area contributed by atoms with Crippen molar-refractivity contribution < 1.29 is 30.7 Å². The zero-order chi connectivity index (χ0) is 26.3. The van der Waals surface area contributed by atoms with Gasteiger partial charge >= 0.3 is 0 Å². The monoisotopic (exact) mass is 524 g/mol. The van der Waals surface area contributed by atoms with Crippen molar-refractivity contribution in [3.8, 4) is 39.5 Å². The van der Waals surface area contributed by atoms with Crippen molar-refractivity contribution in [3.63, 3.8) is 0 Å². The predicted octanol–water partition coefficient (Wildman–Crippen LogP) is 6.63. The lowest BCUT2D eigenvalue weighted by molar-refractivity contribution is 0.413. The maximum absolute atomic E-state index is 15.0. The summed E-state index contributed by atoms with van der Waals surface area (Å²) in [5, 5.41) is 0. The highest BCUT2D eigenvalue weighted by molar-refractivity contribution is 7.92. The number of hydrogen-bond acceptors (Lipinski definition) is 5. The number of oxazole rings is 1. The Kier molecular flexibility index (Phi) is 6.12. The lowest BCUT2D eigenvalue weighted by Gasteiger charge is -2.14. The molecular weight excluding hydrogens is 505 g/mol. The first kappa shape index (κ1) is 24.4. The van der Waals surface area contributed by atoms with E-state index in [0.29, 0.717) is 27.9 Å². The second-order valence-corrected chi connectivity index (χ2v) is 10.1. The molecule has 4 aromatic carbocycles. The molecule has 10 heteroatoms. The van der Waals surface area contributed by atoms with Crippen molar-refractivity contribution in [1.82, 2.24) is 4.98 Å². The second-order valence-electron chi connectivity index (χ2n) is 8.32. The first-order valence-electron chi connectivity index (χ1n) is 10.9. The Labute approximate surface area is 210 Å². The average molecular weight is 525 g/mol. The van der Waals surface area contributed by atoms with Crippen molar-refractivity contribution in [2.45, 2.75) is 0 Å². The molecule has 0 spiro atoms. The molecule has 0 saturated heterocycles. The van der Waals surface area contributed by atoms with Gasteiger partial charge in [-0.25, -0.2) is 26.6 Å². The SMILES string of the molecule is COc1cc(F)c(-c2ccc(NS(C)(=O)=O)cc2)cc1-c1cccc(-c2nc3cc(F)c(F)cc3o2)c1. The maximum atomic E-state index is 15.0. The molecule has 0 unspecified atom stereocenters. The van der Waals surface area contributed by atoms with Gasteiger partial charge in [0.2, 0.25) is 15.9 Å². The second kappa shape index (κ2) is 9.29. The molecule has 0 aliphatic rings. The van der Waals surface area contributed by atoms with E-state index in [0.717, 1.165) is 18.4 Å². The molecule has 5 aromatic rings. The standard InChI is InChI=1S/C27H19F3N2O4S/c1-35-25-13-21(28)19(15-6-8-18(9-7-15)32-37(2,33)34)11-20(25)16-4-3-5-17(10-16)27-31-24-12-22(29)23(30)14-26(24)36-27/h3-14,32H,1-2H3. The van der Waals surface area contributed by atoms with Gasteiger partial charge in [-0.2, -0.15) is 0 Å². The molecule has 0 amide bonds. The van der Waals surface area contributed by atoms with Crippen LogP contribution in [0.1, 0.15) is 0 Å². The predicted molar refractivity (Wildman–Crippen MR) is 135 cm³/mol. The van der Waals surface area contributed by atoms with Crippen molar-refractivity contribution in [3.05, 3.63) is 90.2 Å². The molecular formula is C27H19F3N2O4S. The van der Waals surface area contributed by atoms with E-state index >= 15 is 4.39 Å². The Balaban J connectivity index is 1.56. The molecule has 0 saturated carbocycles. The molecule has 0 aliphatic heterocycles. The van der Waals surface area contributed by atoms with Gasteiger partial charge in [0.15, 0.2) is 17.2 Å². The summed E-state index contributed by atoms with van der Waals surface area (Å²) in [6.45, 7) is 0. The van der Waals surface area contributed by atoms with E-state index in [-0.39, 0.29) is 28.3 Å². The van der Waals surface area contributed by atoms with Crippen LogP contribution >= 0.6 is 0 Å². The van der Waals surface area contributed by atoms with E-state index in [1.165, 1.54) is 13.2 Å². The fourth-order valence-electron chi connectivity index (χ4n) is 3.97. The van der Waals surface area contributed by atoms with Gasteiger partial charge in [0.1, 0.15) is 17.1 Å². The molecule has 188 valence electrons. The summed E-state index contributed by atoms with van der Waals surface area (Å²) in [6.07, 6.45) is 1.04. The average Bonchev–Trinajstić information content (AvgIpc) is 3.26. The van der Waals surface area contributed by atoms with Crippen LogP contribution in [0.3, 0.4) is 0 Å². The lowest BCUT2D eigenvalue weighted by Crippen LogP contribution is -2.09. The molecule has 1 N–H and O–H groups in total. The summed E-state index contributed by atoms with van der Waals surface area (Å²) in [7, 11) is -2.02. The third-order valence-corrected chi connectivity index (χ3v) is 6.25. The summed E-state index contributed by atoms with van der Waals surface area (Å²) in [5.74, 6) is -2.13. The van der Waals surface area contributed by atoms with Gasteiger partial charge in [0.25, 0.3) is 0 Å². The quantitative estimate of drug-likeness (QED) is 0.270. The van der Waals surface area contributed by atoms with Gasteiger partial charge < -0.3 is 9.15 Å². The number of benzene rings is 4. The zero-order valence-electron chi connectivity index (χ0n) is 19.6. The van der Waals surface area contributed by atoms with Gasteiger partial charge in [-0.1, -0.05) is 24.3 Å². The number of ether oxygens (including phenoxy) is 1. The van der Waals surface area contributed by atoms with E-state index < -0.39 is 27.5 Å². The normalized spacial score (nSPS) is 11.6. The van der Waals surface area contributed by atoms with Crippen LogP contribution in [0.4, 0.5) is 18.9 Å². The van der Waals surface area contributed by atoms with Crippen LogP contribution in [0, 0.1) is 17.5 Å². The number of rotatable bonds is 6. The molecule has 6 nitrogen and oxygen atoms in total. The molecule has 0 atom stereocenters. The number of nitrogens with one attached hydrogen (secondary N) is 1. The number of sulfonamides is 1. The number of aromatic nitrogens is 1. The highest BCUT2D eigenvalue weighted by Crippen LogP contribution is 2.38. The molecule has 0 bridgehead atoms. The topological polar surface area (TPSA) is 81.4 Å². The lowest BCUT2D eigenvalue weighted by atomic mass is 9.96. The third-order valence-electron chi connectivity index (χ3n) is 5.64. The third kappa shape index (κ3) is 5.01. The van der Waals surface area contributed by atoms with Crippen LogP contribution in [0.15, 0.2) is 77.2 Å². The number of methoxy groups -OCH3 is 1. The highest BCUT2D eigenvalue weighted by Gasteiger charge is 2.17. The Morgan fingerprint density at radius 1 is 0.811 bits per heavy atom. The number of anilines is 1. The molecule has 0 aliphatic carbocycles. The van der Waals surface area contributed by atoms with Crippen LogP contribution in [0.2, 0.25) is 0 Å². The molecule has 0 fully saturated rings. The van der Waals surface area contributed by atoms with E-state index in [4.69, 9.17) is 9.15 Å². The summed E-state index contributed by atoms with van der Waals surface area (Å²) in [4.78, 5) is 4.26. The van der Waals surface area contributed by atoms with Gasteiger partial charge in [0.05, 0.1) is 13.4 Å². The van der Waals surface area contributed by atoms with E-state index in [2.05, 4.69) is 9.71 Å². The summed E-state index contributed by atoms with van der Waals surface area (Å²) >= 11 is 0. The molecule has 0 radical (unpaired) electrons. The fourth-order valence-corrected chi connectivity index (χ4v) is 4.53. The van der Waals surface area contributed by atoms with Gasteiger partial charge in [0, 0.05) is 40.6 Å².